The second kappa shape index (κ2) is 6.35. The van der Waals surface area contributed by atoms with Crippen LogP contribution in [0.2, 0.25) is 0 Å². The number of aromatic hydroxyl groups is 1. The molecule has 0 radical (unpaired) electrons. The zero-order valence-corrected chi connectivity index (χ0v) is 16.1. The lowest BCUT2D eigenvalue weighted by Gasteiger charge is -2.21. The van der Waals surface area contributed by atoms with Gasteiger partial charge in [0.05, 0.1) is 4.90 Å². The van der Waals surface area contributed by atoms with E-state index < -0.39 is 0 Å². The van der Waals surface area contributed by atoms with E-state index in [2.05, 4.69) is 31.9 Å². The van der Waals surface area contributed by atoms with Crippen molar-refractivity contribution in [2.75, 3.05) is 0 Å². The summed E-state index contributed by atoms with van der Waals surface area (Å²) in [6.45, 7) is 0. The molecule has 0 atom stereocenters. The van der Waals surface area contributed by atoms with E-state index in [1.54, 1.807) is 12.1 Å². The second-order valence-electron chi connectivity index (χ2n) is 5.10. The Balaban J connectivity index is 1.70. The molecule has 0 aliphatic carbocycles. The summed E-state index contributed by atoms with van der Waals surface area (Å²) in [5.74, 6) is 2.49. The van der Waals surface area contributed by atoms with Crippen LogP contribution >= 0.6 is 43.6 Å². The minimum atomic E-state index is 0.0723. The van der Waals surface area contributed by atoms with Crippen LogP contribution in [0.3, 0.4) is 0 Å². The molecule has 6 heteroatoms. The monoisotopic (exact) mass is 464 g/mol. The van der Waals surface area contributed by atoms with E-state index in [4.69, 9.17) is 9.47 Å². The summed E-state index contributed by atoms with van der Waals surface area (Å²) in [6.07, 6.45) is 0. The van der Waals surface area contributed by atoms with E-state index >= 15 is 0 Å². The molecule has 0 unspecified atom stereocenters. The molecule has 24 heavy (non-hydrogen) atoms. The lowest BCUT2D eigenvalue weighted by molar-refractivity contribution is 0.387. The van der Waals surface area contributed by atoms with Crippen molar-refractivity contribution in [3.8, 4) is 28.7 Å². The van der Waals surface area contributed by atoms with Gasteiger partial charge in [-0.05, 0) is 42.5 Å². The summed E-state index contributed by atoms with van der Waals surface area (Å²) in [6, 6.07) is 16.8. The Labute approximate surface area is 159 Å². The minimum absolute atomic E-state index is 0.0723. The molecule has 4 rings (SSSR count). The van der Waals surface area contributed by atoms with Crippen LogP contribution in [0.5, 0.6) is 28.7 Å². The fraction of sp³-hybridized carbons (Fsp3) is 0. The molecule has 0 amide bonds. The molecule has 1 heterocycles. The summed E-state index contributed by atoms with van der Waals surface area (Å²) in [5.41, 5.74) is 0. The van der Waals surface area contributed by atoms with Gasteiger partial charge in [-0.1, -0.05) is 55.8 Å². The van der Waals surface area contributed by atoms with E-state index in [9.17, 15) is 5.11 Å². The van der Waals surface area contributed by atoms with Crippen LogP contribution < -0.4 is 9.47 Å². The van der Waals surface area contributed by atoms with Crippen LogP contribution in [0.4, 0.5) is 0 Å². The summed E-state index contributed by atoms with van der Waals surface area (Å²) in [7, 11) is 0. The van der Waals surface area contributed by atoms with Crippen LogP contribution in [0, 0.1) is 0 Å². The van der Waals surface area contributed by atoms with Crippen LogP contribution in [-0.2, 0) is 0 Å². The Morgan fingerprint density at radius 1 is 0.917 bits per heavy atom. The first-order chi connectivity index (χ1) is 11.6. The molecule has 0 saturated carbocycles. The predicted molar refractivity (Wildman–Crippen MR) is 101 cm³/mol. The van der Waals surface area contributed by atoms with E-state index in [0.29, 0.717) is 22.1 Å². The van der Waals surface area contributed by atoms with Gasteiger partial charge in [0.1, 0.15) is 22.1 Å². The average Bonchev–Trinajstić information content (AvgIpc) is 2.55. The first-order valence-electron chi connectivity index (χ1n) is 7.05. The molecule has 0 spiro atoms. The summed E-state index contributed by atoms with van der Waals surface area (Å²) < 4.78 is 13.5. The van der Waals surface area contributed by atoms with Crippen LogP contribution in [0.15, 0.2) is 73.3 Å². The Bertz CT molecular complexity index is 923. The smallest absolute Gasteiger partial charge is 0.176 e. The number of para-hydroxylation sites is 1. The highest BCUT2D eigenvalue weighted by molar-refractivity contribution is 9.11. The van der Waals surface area contributed by atoms with Crippen LogP contribution in [-0.4, -0.2) is 5.11 Å². The maximum atomic E-state index is 10.6. The van der Waals surface area contributed by atoms with Crippen molar-refractivity contribution in [2.45, 2.75) is 9.79 Å². The van der Waals surface area contributed by atoms with Gasteiger partial charge in [-0.15, -0.1) is 0 Å². The standard InChI is InChI=1S/C18H10Br2O3S/c19-10-7-11(20)9-12(8-10)22-14-5-6-15-18(17(14)21)24-16-4-2-1-3-13(16)23-15/h1-9,21H. The van der Waals surface area contributed by atoms with Crippen molar-refractivity contribution in [3.63, 3.8) is 0 Å². The van der Waals surface area contributed by atoms with Gasteiger partial charge in [-0.3, -0.25) is 0 Å². The molecule has 1 N–H and O–H groups in total. The van der Waals surface area contributed by atoms with E-state index in [1.807, 2.05) is 42.5 Å². The Morgan fingerprint density at radius 3 is 2.46 bits per heavy atom. The number of ether oxygens (including phenoxy) is 2. The van der Waals surface area contributed by atoms with Gasteiger partial charge in [0.2, 0.25) is 0 Å². The number of phenols is 1. The number of fused-ring (bicyclic) bond motifs is 2. The maximum absolute atomic E-state index is 10.6. The molecule has 0 saturated heterocycles. The Hall–Kier alpha value is -1.63. The SMILES string of the molecule is Oc1c(Oc2cc(Br)cc(Br)c2)ccc2c1Sc1ccccc1O2. The van der Waals surface area contributed by atoms with Gasteiger partial charge < -0.3 is 14.6 Å². The quantitative estimate of drug-likeness (QED) is 0.347. The molecule has 1 aliphatic heterocycles. The largest absolute Gasteiger partial charge is 0.503 e. The van der Waals surface area contributed by atoms with Crippen molar-refractivity contribution in [3.05, 3.63) is 63.5 Å². The van der Waals surface area contributed by atoms with Gasteiger partial charge in [0.25, 0.3) is 0 Å². The lowest BCUT2D eigenvalue weighted by atomic mass is 10.2. The topological polar surface area (TPSA) is 38.7 Å². The number of phenolic OH excluding ortho intramolecular Hbond substituents is 1. The number of hydrogen-bond donors (Lipinski definition) is 1. The minimum Gasteiger partial charge on any atom is -0.503 e. The number of hydrogen-bond acceptors (Lipinski definition) is 4. The highest BCUT2D eigenvalue weighted by atomic mass is 79.9. The zero-order valence-electron chi connectivity index (χ0n) is 12.1. The normalized spacial score (nSPS) is 12.1. The lowest BCUT2D eigenvalue weighted by Crippen LogP contribution is -1.96. The first-order valence-corrected chi connectivity index (χ1v) is 9.45. The number of rotatable bonds is 2. The molecule has 0 fully saturated rings. The fourth-order valence-corrected chi connectivity index (χ4v) is 4.59. The molecule has 120 valence electrons. The maximum Gasteiger partial charge on any atom is 0.176 e. The Morgan fingerprint density at radius 2 is 1.67 bits per heavy atom. The van der Waals surface area contributed by atoms with Crippen LogP contribution in [0.25, 0.3) is 0 Å². The van der Waals surface area contributed by atoms with Crippen molar-refractivity contribution in [2.24, 2.45) is 0 Å². The summed E-state index contributed by atoms with van der Waals surface area (Å²) in [5, 5.41) is 10.6. The highest BCUT2D eigenvalue weighted by Crippen LogP contribution is 2.53. The third-order valence-corrected chi connectivity index (χ3v) is 5.47. The molecule has 3 nitrogen and oxygen atoms in total. The van der Waals surface area contributed by atoms with E-state index in [-0.39, 0.29) is 5.75 Å². The van der Waals surface area contributed by atoms with Gasteiger partial charge in [0.15, 0.2) is 11.5 Å². The first kappa shape index (κ1) is 15.9. The van der Waals surface area contributed by atoms with Crippen molar-refractivity contribution in [1.82, 2.24) is 0 Å². The summed E-state index contributed by atoms with van der Waals surface area (Å²) in [4.78, 5) is 1.61. The van der Waals surface area contributed by atoms with Crippen LogP contribution in [0.1, 0.15) is 0 Å². The van der Waals surface area contributed by atoms with Crippen molar-refractivity contribution in [1.29, 1.82) is 0 Å². The van der Waals surface area contributed by atoms with Crippen molar-refractivity contribution >= 4 is 43.6 Å². The van der Waals surface area contributed by atoms with Gasteiger partial charge in [-0.25, -0.2) is 0 Å². The molecule has 0 bridgehead atoms. The second-order valence-corrected chi connectivity index (χ2v) is 7.98. The highest BCUT2D eigenvalue weighted by Gasteiger charge is 2.23. The number of benzene rings is 3. The third kappa shape index (κ3) is 3.01. The zero-order chi connectivity index (χ0) is 16.7. The molecular formula is C18H10Br2O3S. The third-order valence-electron chi connectivity index (χ3n) is 3.40. The molecule has 1 aliphatic rings. The van der Waals surface area contributed by atoms with Gasteiger partial charge in [-0.2, -0.15) is 0 Å². The van der Waals surface area contributed by atoms with E-state index in [0.717, 1.165) is 19.6 Å². The van der Waals surface area contributed by atoms with Gasteiger partial charge >= 0.3 is 0 Å². The van der Waals surface area contributed by atoms with Crippen molar-refractivity contribution < 1.29 is 14.6 Å². The Kier molecular flexibility index (Phi) is 4.20. The fourth-order valence-electron chi connectivity index (χ4n) is 2.36. The molecule has 3 aromatic rings. The number of halogens is 2. The summed E-state index contributed by atoms with van der Waals surface area (Å²) >= 11 is 8.32. The molecular weight excluding hydrogens is 456 g/mol. The molecule has 3 aromatic carbocycles. The van der Waals surface area contributed by atoms with E-state index in [1.165, 1.54) is 11.8 Å². The average molecular weight is 466 g/mol. The molecule has 0 aromatic heterocycles. The van der Waals surface area contributed by atoms with Gasteiger partial charge in [0, 0.05) is 8.95 Å². The predicted octanol–water partition coefficient (Wildman–Crippen LogP) is 6.97.